The summed E-state index contributed by atoms with van der Waals surface area (Å²) in [6.45, 7) is 1.57. The minimum Gasteiger partial charge on any atom is -0.490 e. The number of ether oxygens (including phenoxy) is 3. The molecule has 12 heteroatoms. The van der Waals surface area contributed by atoms with Gasteiger partial charge in [-0.3, -0.25) is 4.79 Å². The molecule has 1 aliphatic carbocycles. The smallest absolute Gasteiger partial charge is 0.404 e. The number of carbonyl (C=O) groups excluding carboxylic acids is 1. The Morgan fingerprint density at radius 2 is 1.54 bits per heavy atom. The third-order valence-corrected chi connectivity index (χ3v) is 9.00. The number of hydrogen-bond acceptors (Lipinski definition) is 6. The molecule has 1 aliphatic rings. The van der Waals surface area contributed by atoms with Crippen molar-refractivity contribution in [3.63, 3.8) is 0 Å². The van der Waals surface area contributed by atoms with Crippen LogP contribution in [0, 0.1) is 5.92 Å². The first-order valence-corrected chi connectivity index (χ1v) is 17.3. The molecule has 3 N–H and O–H groups in total. The van der Waals surface area contributed by atoms with Gasteiger partial charge in [0.05, 0.1) is 16.0 Å². The average molecular weight is 722 g/mol. The van der Waals surface area contributed by atoms with Crippen LogP contribution in [0.5, 0.6) is 11.5 Å². The van der Waals surface area contributed by atoms with Crippen LogP contribution in [0.3, 0.4) is 0 Å². The third kappa shape index (κ3) is 11.7. The monoisotopic (exact) mass is 720 g/mol. The van der Waals surface area contributed by atoms with Gasteiger partial charge in [-0.15, -0.1) is 0 Å². The summed E-state index contributed by atoms with van der Waals surface area (Å²) < 4.78 is 16.8. The number of amides is 2. The van der Waals surface area contributed by atoms with Crippen molar-refractivity contribution in [2.24, 2.45) is 5.92 Å². The first-order valence-electron chi connectivity index (χ1n) is 16.1. The Morgan fingerprint density at radius 3 is 2.19 bits per heavy atom. The summed E-state index contributed by atoms with van der Waals surface area (Å²) in [6.07, 6.45) is 3.99. The van der Waals surface area contributed by atoms with E-state index in [9.17, 15) is 14.7 Å². The molecule has 260 valence electrons. The summed E-state index contributed by atoms with van der Waals surface area (Å²) in [5, 5.41) is 22.2. The fourth-order valence-corrected chi connectivity index (χ4v) is 6.28. The van der Waals surface area contributed by atoms with Crippen molar-refractivity contribution in [3.05, 3.63) is 91.9 Å². The zero-order valence-electron chi connectivity index (χ0n) is 27.1. The van der Waals surface area contributed by atoms with E-state index in [4.69, 9.17) is 54.1 Å². The van der Waals surface area contributed by atoms with Gasteiger partial charge in [-0.25, -0.2) is 4.79 Å². The van der Waals surface area contributed by atoms with Crippen LogP contribution in [-0.2, 0) is 35.3 Å². The van der Waals surface area contributed by atoms with Gasteiger partial charge in [0.25, 0.3) is 0 Å². The van der Waals surface area contributed by atoms with E-state index < -0.39 is 12.0 Å². The highest BCUT2D eigenvalue weighted by molar-refractivity contribution is 6.37. The maximum atomic E-state index is 14.0. The average Bonchev–Trinajstić information content (AvgIpc) is 3.91. The van der Waals surface area contributed by atoms with Gasteiger partial charge >= 0.3 is 6.09 Å². The van der Waals surface area contributed by atoms with Crippen molar-refractivity contribution in [3.8, 4) is 11.5 Å². The number of methoxy groups -OCH3 is 1. The van der Waals surface area contributed by atoms with Gasteiger partial charge in [0, 0.05) is 44.5 Å². The third-order valence-electron chi connectivity index (χ3n) is 8.07. The fourth-order valence-electron chi connectivity index (χ4n) is 5.46. The fraction of sp³-hybridized carbons (Fsp3) is 0.444. The van der Waals surface area contributed by atoms with Crippen LogP contribution in [0.2, 0.25) is 15.1 Å². The number of rotatable bonds is 20. The molecule has 1 atom stereocenters. The van der Waals surface area contributed by atoms with Gasteiger partial charge in [0.15, 0.2) is 5.75 Å². The van der Waals surface area contributed by atoms with E-state index in [2.05, 4.69) is 11.4 Å². The van der Waals surface area contributed by atoms with E-state index in [1.54, 1.807) is 19.2 Å². The number of aliphatic hydroxyl groups excluding tert-OH is 1. The van der Waals surface area contributed by atoms with Crippen LogP contribution in [0.4, 0.5) is 4.79 Å². The zero-order valence-corrected chi connectivity index (χ0v) is 29.3. The summed E-state index contributed by atoms with van der Waals surface area (Å²) in [6, 6.07) is 17.0. The minimum atomic E-state index is -1.18. The molecule has 48 heavy (non-hydrogen) atoms. The van der Waals surface area contributed by atoms with Crippen molar-refractivity contribution in [2.75, 3.05) is 40.1 Å². The Hall–Kier alpha value is -3.21. The number of hydrogen-bond donors (Lipinski definition) is 3. The molecule has 0 saturated heterocycles. The SMILES string of the molecule is COCCCc1ccc(Cl)c(CN(C(=O)C(CNC(=O)O)Cc2ccc(OCCOc3c(Cl)cc(CCCO)cc3Cl)cc2)C2CC2)c1. The number of aryl methyl sites for hydroxylation is 2. The normalized spacial score (nSPS) is 13.2. The highest BCUT2D eigenvalue weighted by Crippen LogP contribution is 2.35. The van der Waals surface area contributed by atoms with Gasteiger partial charge in [-0.1, -0.05) is 59.1 Å². The quantitative estimate of drug-likeness (QED) is 0.106. The lowest BCUT2D eigenvalue weighted by Crippen LogP contribution is -2.43. The van der Waals surface area contributed by atoms with Gasteiger partial charge in [0.1, 0.15) is 19.0 Å². The Kier molecular flexibility index (Phi) is 15.0. The predicted octanol–water partition coefficient (Wildman–Crippen LogP) is 7.23. The Balaban J connectivity index is 1.36. The number of carbonyl (C=O) groups is 2. The highest BCUT2D eigenvalue weighted by Gasteiger charge is 2.36. The molecule has 3 aromatic carbocycles. The molecule has 2 amide bonds. The molecule has 3 aromatic rings. The zero-order chi connectivity index (χ0) is 34.5. The number of carboxylic acid groups (broad SMARTS) is 1. The highest BCUT2D eigenvalue weighted by atomic mass is 35.5. The van der Waals surface area contributed by atoms with Crippen molar-refractivity contribution in [2.45, 2.75) is 57.5 Å². The number of halogens is 3. The molecule has 0 aromatic heterocycles. The van der Waals surface area contributed by atoms with E-state index >= 15 is 0 Å². The molecular weight excluding hydrogens is 679 g/mol. The molecule has 0 spiro atoms. The van der Waals surface area contributed by atoms with Crippen molar-refractivity contribution in [1.82, 2.24) is 10.2 Å². The lowest BCUT2D eigenvalue weighted by Gasteiger charge is -2.28. The maximum Gasteiger partial charge on any atom is 0.404 e. The predicted molar refractivity (Wildman–Crippen MR) is 188 cm³/mol. The van der Waals surface area contributed by atoms with Crippen LogP contribution >= 0.6 is 34.8 Å². The summed E-state index contributed by atoms with van der Waals surface area (Å²) >= 11 is 19.3. The first-order chi connectivity index (χ1) is 23.2. The van der Waals surface area contributed by atoms with Crippen molar-refractivity contribution < 1.29 is 34.0 Å². The van der Waals surface area contributed by atoms with E-state index in [1.165, 1.54) is 0 Å². The summed E-state index contributed by atoms with van der Waals surface area (Å²) in [7, 11) is 1.68. The lowest BCUT2D eigenvalue weighted by atomic mass is 9.97. The van der Waals surface area contributed by atoms with Gasteiger partial charge in [0.2, 0.25) is 5.91 Å². The van der Waals surface area contributed by atoms with Gasteiger partial charge in [-0.2, -0.15) is 0 Å². The molecule has 0 aliphatic heterocycles. The number of nitrogens with one attached hydrogen (secondary N) is 1. The topological polar surface area (TPSA) is 118 Å². The van der Waals surface area contributed by atoms with Crippen LogP contribution in [0.1, 0.15) is 47.9 Å². The molecule has 1 unspecified atom stereocenters. The largest absolute Gasteiger partial charge is 0.490 e. The Bertz CT molecular complexity index is 1480. The van der Waals surface area contributed by atoms with E-state index in [-0.39, 0.29) is 38.3 Å². The van der Waals surface area contributed by atoms with Crippen molar-refractivity contribution >= 4 is 46.8 Å². The second kappa shape index (κ2) is 19.1. The van der Waals surface area contributed by atoms with E-state index in [0.29, 0.717) is 59.0 Å². The van der Waals surface area contributed by atoms with Crippen LogP contribution in [-0.4, -0.2) is 73.2 Å². The summed E-state index contributed by atoms with van der Waals surface area (Å²) in [5.41, 5.74) is 3.80. The number of aliphatic hydroxyl groups is 1. The number of nitrogens with zero attached hydrogens (tertiary/aromatic N) is 1. The molecule has 0 radical (unpaired) electrons. The molecule has 0 bridgehead atoms. The number of benzene rings is 3. The molecule has 0 heterocycles. The standard InChI is InChI=1S/C36H43Cl3N2O7/c1-46-15-3-5-24-8-13-31(37)28(19-24)23-41(29-9-10-29)35(43)27(22-40-36(44)45)18-25-6-11-30(12-7-25)47-16-17-48-34-32(38)20-26(4-2-14-42)21-33(34)39/h6-8,11-13,19-21,27,29,40,42H,2-5,9-10,14-18,22-23H2,1H3,(H,44,45). The molecule has 9 nitrogen and oxygen atoms in total. The van der Waals surface area contributed by atoms with Gasteiger partial charge in [-0.05, 0) is 97.5 Å². The molecule has 1 fully saturated rings. The van der Waals surface area contributed by atoms with Gasteiger partial charge < -0.3 is 34.6 Å². The maximum absolute atomic E-state index is 14.0. The molecule has 1 saturated carbocycles. The van der Waals surface area contributed by atoms with E-state index in [0.717, 1.165) is 47.9 Å². The molecule has 4 rings (SSSR count). The van der Waals surface area contributed by atoms with Crippen LogP contribution in [0.15, 0.2) is 54.6 Å². The lowest BCUT2D eigenvalue weighted by molar-refractivity contribution is -0.136. The molecular formula is C36H43Cl3N2O7. The second-order valence-corrected chi connectivity index (χ2v) is 13.1. The first kappa shape index (κ1) is 37.6. The Labute approximate surface area is 297 Å². The van der Waals surface area contributed by atoms with Crippen molar-refractivity contribution in [1.29, 1.82) is 0 Å². The summed E-state index contributed by atoms with van der Waals surface area (Å²) in [4.78, 5) is 27.3. The van der Waals surface area contributed by atoms with Crippen LogP contribution < -0.4 is 14.8 Å². The minimum absolute atomic E-state index is 0.00863. The Morgan fingerprint density at radius 1 is 0.875 bits per heavy atom. The second-order valence-electron chi connectivity index (χ2n) is 11.9. The van der Waals surface area contributed by atoms with E-state index in [1.807, 2.05) is 41.3 Å². The summed E-state index contributed by atoms with van der Waals surface area (Å²) in [5.74, 6) is 0.288. The van der Waals surface area contributed by atoms with Crippen LogP contribution in [0.25, 0.3) is 0 Å².